The van der Waals surface area contributed by atoms with Gasteiger partial charge in [-0.05, 0) is 50.2 Å². The fraction of sp³-hybridized carbons (Fsp3) is 0.227. The molecule has 3 aromatic rings. The van der Waals surface area contributed by atoms with Gasteiger partial charge in [0.15, 0.2) is 11.0 Å². The van der Waals surface area contributed by atoms with Crippen LogP contribution in [0.25, 0.3) is 0 Å². The van der Waals surface area contributed by atoms with Crippen LogP contribution in [-0.2, 0) is 11.8 Å². The van der Waals surface area contributed by atoms with E-state index in [1.54, 1.807) is 23.7 Å². The minimum absolute atomic E-state index is 0.0940. The van der Waals surface area contributed by atoms with Gasteiger partial charge in [-0.1, -0.05) is 29.5 Å². The predicted octanol–water partition coefficient (Wildman–Crippen LogP) is 3.04. The predicted molar refractivity (Wildman–Crippen MR) is 121 cm³/mol. The molecule has 1 atom stereocenters. The number of carboxylic acids is 1. The van der Waals surface area contributed by atoms with E-state index in [4.69, 9.17) is 5.11 Å². The zero-order valence-corrected chi connectivity index (χ0v) is 18.6. The van der Waals surface area contributed by atoms with Crippen LogP contribution in [0.15, 0.2) is 53.7 Å². The molecule has 0 saturated heterocycles. The maximum atomic E-state index is 12.4. The summed E-state index contributed by atoms with van der Waals surface area (Å²) in [4.78, 5) is 35.6. The number of nitrogens with zero attached hydrogens (tertiary/aromatic N) is 3. The number of carbonyl (C=O) groups excluding carboxylic acids is 2. The molecule has 1 heterocycles. The van der Waals surface area contributed by atoms with Crippen LogP contribution in [-0.4, -0.2) is 43.4 Å². The number of nitrogens with one attached hydrogen (secondary N) is 2. The Hall–Kier alpha value is -3.66. The van der Waals surface area contributed by atoms with Crippen LogP contribution in [0.4, 0.5) is 5.69 Å². The first-order chi connectivity index (χ1) is 15.2. The molecule has 166 valence electrons. The summed E-state index contributed by atoms with van der Waals surface area (Å²) in [5, 5.41) is 23.3. The van der Waals surface area contributed by atoms with Crippen molar-refractivity contribution >= 4 is 35.2 Å². The molecule has 0 fully saturated rings. The second kappa shape index (κ2) is 10.1. The summed E-state index contributed by atoms with van der Waals surface area (Å²) in [5.74, 6) is -0.832. The highest BCUT2D eigenvalue weighted by atomic mass is 32.2. The Bertz CT molecular complexity index is 1130. The molecule has 0 saturated carbocycles. The molecule has 2 aromatic carbocycles. The molecule has 9 nitrogen and oxygen atoms in total. The molecule has 3 rings (SSSR count). The molecule has 0 aliphatic rings. The largest absolute Gasteiger partial charge is 0.478 e. The van der Waals surface area contributed by atoms with Gasteiger partial charge in [-0.2, -0.15) is 0 Å². The first-order valence-electron chi connectivity index (χ1n) is 9.77. The highest BCUT2D eigenvalue weighted by Crippen LogP contribution is 2.20. The quantitative estimate of drug-likeness (QED) is 0.448. The number of anilines is 1. The monoisotopic (exact) mass is 453 g/mol. The van der Waals surface area contributed by atoms with Crippen LogP contribution in [0.3, 0.4) is 0 Å². The Balaban J connectivity index is 1.55. The summed E-state index contributed by atoms with van der Waals surface area (Å²) in [5.41, 5.74) is 2.29. The van der Waals surface area contributed by atoms with Crippen molar-refractivity contribution in [3.05, 3.63) is 71.0 Å². The summed E-state index contributed by atoms with van der Waals surface area (Å²) in [6, 6.07) is 12.8. The van der Waals surface area contributed by atoms with E-state index in [0.717, 1.165) is 5.56 Å². The molecule has 1 unspecified atom stereocenters. The molecule has 0 radical (unpaired) electrons. The van der Waals surface area contributed by atoms with Gasteiger partial charge in [0, 0.05) is 18.3 Å². The molecule has 32 heavy (non-hydrogen) atoms. The second-order valence-electron chi connectivity index (χ2n) is 7.18. The molecular weight excluding hydrogens is 430 g/mol. The average Bonchev–Trinajstić information content (AvgIpc) is 3.13. The van der Waals surface area contributed by atoms with Crippen molar-refractivity contribution < 1.29 is 19.5 Å². The summed E-state index contributed by atoms with van der Waals surface area (Å²) in [7, 11) is 1.77. The number of aromatic carboxylic acids is 1. The molecule has 3 N–H and O–H groups in total. The molecule has 10 heteroatoms. The van der Waals surface area contributed by atoms with E-state index in [1.165, 1.54) is 36.0 Å². The third-order valence-corrected chi connectivity index (χ3v) is 5.69. The first kappa shape index (κ1) is 23.0. The van der Waals surface area contributed by atoms with Gasteiger partial charge in [-0.3, -0.25) is 9.59 Å². The first-order valence-corrected chi connectivity index (χ1v) is 10.8. The topological polar surface area (TPSA) is 126 Å². The van der Waals surface area contributed by atoms with Crippen molar-refractivity contribution in [2.24, 2.45) is 7.05 Å². The van der Waals surface area contributed by atoms with Gasteiger partial charge < -0.3 is 20.3 Å². The van der Waals surface area contributed by atoms with Crippen LogP contribution in [0.2, 0.25) is 0 Å². The number of rotatable bonds is 8. The van der Waals surface area contributed by atoms with E-state index in [9.17, 15) is 14.4 Å². The minimum atomic E-state index is -1.03. The molecule has 0 aliphatic carbocycles. The molecule has 0 spiro atoms. The van der Waals surface area contributed by atoms with Crippen molar-refractivity contribution in [2.75, 3.05) is 11.1 Å². The molecule has 1 aromatic heterocycles. The second-order valence-corrected chi connectivity index (χ2v) is 8.12. The Kier molecular flexibility index (Phi) is 7.26. The van der Waals surface area contributed by atoms with Gasteiger partial charge in [0.1, 0.15) is 0 Å². The molecule has 0 aliphatic heterocycles. The van der Waals surface area contributed by atoms with Gasteiger partial charge in [0.05, 0.1) is 17.4 Å². The average molecular weight is 454 g/mol. The van der Waals surface area contributed by atoms with E-state index in [2.05, 4.69) is 20.8 Å². The van der Waals surface area contributed by atoms with Crippen LogP contribution < -0.4 is 10.6 Å². The summed E-state index contributed by atoms with van der Waals surface area (Å²) in [6.45, 7) is 3.77. The summed E-state index contributed by atoms with van der Waals surface area (Å²) < 4.78 is 1.74. The maximum Gasteiger partial charge on any atom is 0.335 e. The fourth-order valence-electron chi connectivity index (χ4n) is 2.90. The summed E-state index contributed by atoms with van der Waals surface area (Å²) >= 11 is 1.21. The zero-order valence-electron chi connectivity index (χ0n) is 17.8. The van der Waals surface area contributed by atoms with E-state index >= 15 is 0 Å². The Morgan fingerprint density at radius 2 is 1.66 bits per heavy atom. The number of amides is 2. The van der Waals surface area contributed by atoms with E-state index in [1.807, 2.05) is 26.0 Å². The van der Waals surface area contributed by atoms with E-state index in [-0.39, 0.29) is 29.2 Å². The van der Waals surface area contributed by atoms with Gasteiger partial charge in [-0.25, -0.2) is 4.79 Å². The molecule has 2 amide bonds. The van der Waals surface area contributed by atoms with Gasteiger partial charge in [-0.15, -0.1) is 10.2 Å². The van der Waals surface area contributed by atoms with E-state index in [0.29, 0.717) is 22.2 Å². The van der Waals surface area contributed by atoms with Gasteiger partial charge >= 0.3 is 5.97 Å². The number of hydrogen-bond donors (Lipinski definition) is 3. The number of aromatic nitrogens is 3. The number of benzene rings is 2. The minimum Gasteiger partial charge on any atom is -0.478 e. The standard InChI is InChI=1S/C22H23N5O4S/c1-13-4-6-15(7-5-13)20(29)23-14(2)19-25-26-22(27(19)3)32-12-18(28)24-17-10-8-16(9-11-17)21(30)31/h4-11,14H,12H2,1-3H3,(H,23,29)(H,24,28)(H,30,31). The highest BCUT2D eigenvalue weighted by molar-refractivity contribution is 7.99. The Labute approximate surface area is 189 Å². The van der Waals surface area contributed by atoms with Crippen LogP contribution in [0.5, 0.6) is 0 Å². The van der Waals surface area contributed by atoms with Gasteiger partial charge in [0.25, 0.3) is 5.91 Å². The molecular formula is C22H23N5O4S. The lowest BCUT2D eigenvalue weighted by atomic mass is 10.1. The normalized spacial score (nSPS) is 11.6. The smallest absolute Gasteiger partial charge is 0.335 e. The molecule has 0 bridgehead atoms. The Morgan fingerprint density at radius 1 is 1.03 bits per heavy atom. The van der Waals surface area contributed by atoms with Crippen molar-refractivity contribution in [3.8, 4) is 0 Å². The third-order valence-electron chi connectivity index (χ3n) is 4.67. The third kappa shape index (κ3) is 5.73. The lowest BCUT2D eigenvalue weighted by Gasteiger charge is -2.13. The Morgan fingerprint density at radius 3 is 2.28 bits per heavy atom. The SMILES string of the molecule is Cc1ccc(C(=O)NC(C)c2nnc(SCC(=O)Nc3ccc(C(=O)O)cc3)n2C)cc1. The lowest BCUT2D eigenvalue weighted by molar-refractivity contribution is -0.113. The number of hydrogen-bond acceptors (Lipinski definition) is 6. The number of aryl methyl sites for hydroxylation is 1. The van der Waals surface area contributed by atoms with Crippen LogP contribution in [0, 0.1) is 6.92 Å². The van der Waals surface area contributed by atoms with Crippen molar-refractivity contribution in [1.82, 2.24) is 20.1 Å². The van der Waals surface area contributed by atoms with Crippen molar-refractivity contribution in [3.63, 3.8) is 0 Å². The van der Waals surface area contributed by atoms with Crippen molar-refractivity contribution in [2.45, 2.75) is 25.0 Å². The number of carbonyl (C=O) groups is 3. The maximum absolute atomic E-state index is 12.4. The zero-order chi connectivity index (χ0) is 23.3. The lowest BCUT2D eigenvalue weighted by Crippen LogP contribution is -2.28. The highest BCUT2D eigenvalue weighted by Gasteiger charge is 2.19. The number of carboxylic acid groups (broad SMARTS) is 1. The van der Waals surface area contributed by atoms with Crippen LogP contribution in [0.1, 0.15) is 45.1 Å². The van der Waals surface area contributed by atoms with Crippen LogP contribution >= 0.6 is 11.8 Å². The fourth-order valence-corrected chi connectivity index (χ4v) is 3.62. The van der Waals surface area contributed by atoms with Gasteiger partial charge in [0.2, 0.25) is 5.91 Å². The van der Waals surface area contributed by atoms with Crippen molar-refractivity contribution in [1.29, 1.82) is 0 Å². The number of thioether (sulfide) groups is 1. The summed E-state index contributed by atoms with van der Waals surface area (Å²) in [6.07, 6.45) is 0. The van der Waals surface area contributed by atoms with E-state index < -0.39 is 5.97 Å².